The molecule has 120 valence electrons. The molecule has 2 aliphatic rings. The highest BCUT2D eigenvalue weighted by Gasteiger charge is 2.30. The number of fused-ring (bicyclic) bond motifs is 3. The molecule has 2 heterocycles. The van der Waals surface area contributed by atoms with Crippen LogP contribution in [-0.2, 0) is 6.42 Å². The van der Waals surface area contributed by atoms with Crippen molar-refractivity contribution in [2.24, 2.45) is 0 Å². The molecule has 2 aliphatic heterocycles. The number of hydrogen-bond donors (Lipinski definition) is 1. The van der Waals surface area contributed by atoms with Crippen LogP contribution in [0.25, 0.3) is 11.1 Å². The molecule has 2 heteroatoms. The van der Waals surface area contributed by atoms with E-state index in [0.717, 1.165) is 19.6 Å². The van der Waals surface area contributed by atoms with Gasteiger partial charge < -0.3 is 10.2 Å². The molecule has 0 aromatic heterocycles. The quantitative estimate of drug-likeness (QED) is 0.894. The number of nitrogens with one attached hydrogen (secondary N) is 1. The topological polar surface area (TPSA) is 15.3 Å². The van der Waals surface area contributed by atoms with Crippen molar-refractivity contribution >= 4 is 5.69 Å². The molecule has 1 saturated heterocycles. The molecule has 1 unspecified atom stereocenters. The van der Waals surface area contributed by atoms with Crippen LogP contribution in [0.2, 0.25) is 0 Å². The van der Waals surface area contributed by atoms with E-state index >= 15 is 0 Å². The molecule has 0 spiro atoms. The van der Waals surface area contributed by atoms with Crippen LogP contribution in [0.15, 0.2) is 42.5 Å². The van der Waals surface area contributed by atoms with Gasteiger partial charge in [-0.1, -0.05) is 50.2 Å². The lowest BCUT2D eigenvalue weighted by atomic mass is 9.97. The summed E-state index contributed by atoms with van der Waals surface area (Å²) in [4.78, 5) is 2.63. The average Bonchev–Trinajstić information content (AvgIpc) is 2.75. The summed E-state index contributed by atoms with van der Waals surface area (Å²) >= 11 is 0. The second kappa shape index (κ2) is 6.01. The van der Waals surface area contributed by atoms with Crippen LogP contribution in [0.5, 0.6) is 0 Å². The minimum Gasteiger partial charge on any atom is -0.367 e. The molecule has 0 bridgehead atoms. The van der Waals surface area contributed by atoms with E-state index in [-0.39, 0.29) is 0 Å². The number of hydrogen-bond acceptors (Lipinski definition) is 2. The SMILES string of the molecule is CC(C)c1ccc(-c2ccc3c(c2)N2CCNCCC2C3)cc1. The Morgan fingerprint density at radius 3 is 2.57 bits per heavy atom. The maximum absolute atomic E-state index is 3.53. The van der Waals surface area contributed by atoms with Crippen LogP contribution < -0.4 is 10.2 Å². The first kappa shape index (κ1) is 14.8. The van der Waals surface area contributed by atoms with Gasteiger partial charge in [0.05, 0.1) is 0 Å². The van der Waals surface area contributed by atoms with Gasteiger partial charge in [-0.3, -0.25) is 0 Å². The normalized spacial score (nSPS) is 20.3. The summed E-state index contributed by atoms with van der Waals surface area (Å²) < 4.78 is 0. The summed E-state index contributed by atoms with van der Waals surface area (Å²) in [6, 6.07) is 16.8. The van der Waals surface area contributed by atoms with E-state index in [1.807, 2.05) is 0 Å². The van der Waals surface area contributed by atoms with Gasteiger partial charge in [0.2, 0.25) is 0 Å². The minimum absolute atomic E-state index is 0.592. The first-order valence-electron chi connectivity index (χ1n) is 8.93. The van der Waals surface area contributed by atoms with Crippen molar-refractivity contribution in [3.8, 4) is 11.1 Å². The van der Waals surface area contributed by atoms with Gasteiger partial charge in [-0.15, -0.1) is 0 Å². The van der Waals surface area contributed by atoms with Crippen molar-refractivity contribution in [2.75, 3.05) is 24.5 Å². The first-order valence-corrected chi connectivity index (χ1v) is 8.93. The zero-order chi connectivity index (χ0) is 15.8. The Kier molecular flexibility index (Phi) is 3.86. The highest BCUT2D eigenvalue weighted by atomic mass is 15.2. The highest BCUT2D eigenvalue weighted by Crippen LogP contribution is 2.37. The number of benzene rings is 2. The molecule has 0 radical (unpaired) electrons. The van der Waals surface area contributed by atoms with Crippen molar-refractivity contribution in [1.29, 1.82) is 0 Å². The van der Waals surface area contributed by atoms with Gasteiger partial charge in [-0.2, -0.15) is 0 Å². The van der Waals surface area contributed by atoms with Gasteiger partial charge in [0.1, 0.15) is 0 Å². The van der Waals surface area contributed by atoms with Crippen LogP contribution in [0.1, 0.15) is 37.3 Å². The van der Waals surface area contributed by atoms with E-state index in [2.05, 4.69) is 66.5 Å². The molecule has 0 amide bonds. The van der Waals surface area contributed by atoms with E-state index in [9.17, 15) is 0 Å². The van der Waals surface area contributed by atoms with Crippen molar-refractivity contribution < 1.29 is 0 Å². The van der Waals surface area contributed by atoms with Crippen LogP contribution in [0, 0.1) is 0 Å². The average molecular weight is 306 g/mol. The molecule has 2 aromatic rings. The van der Waals surface area contributed by atoms with E-state index < -0.39 is 0 Å². The summed E-state index contributed by atoms with van der Waals surface area (Å²) in [5.41, 5.74) is 7.07. The predicted octanol–water partition coefficient (Wildman–Crippen LogP) is 4.20. The molecule has 2 aromatic carbocycles. The first-order chi connectivity index (χ1) is 11.2. The molecule has 4 rings (SSSR count). The Balaban J connectivity index is 1.66. The number of rotatable bonds is 2. The van der Waals surface area contributed by atoms with E-state index in [4.69, 9.17) is 0 Å². The molecular formula is C21H26N2. The minimum atomic E-state index is 0.592. The third-order valence-corrected chi connectivity index (χ3v) is 5.39. The lowest BCUT2D eigenvalue weighted by Crippen LogP contribution is -2.32. The van der Waals surface area contributed by atoms with Crippen LogP contribution in [0.3, 0.4) is 0 Å². The van der Waals surface area contributed by atoms with Gasteiger partial charge in [0.25, 0.3) is 0 Å². The van der Waals surface area contributed by atoms with Gasteiger partial charge in [-0.05, 0) is 53.6 Å². The maximum atomic E-state index is 3.53. The summed E-state index contributed by atoms with van der Waals surface area (Å²) in [6.45, 7) is 7.88. The Morgan fingerprint density at radius 1 is 1.00 bits per heavy atom. The second-order valence-corrected chi connectivity index (χ2v) is 7.21. The molecule has 1 N–H and O–H groups in total. The van der Waals surface area contributed by atoms with Gasteiger partial charge in [0, 0.05) is 24.8 Å². The highest BCUT2D eigenvalue weighted by molar-refractivity contribution is 5.73. The van der Waals surface area contributed by atoms with E-state index in [1.54, 1.807) is 0 Å². The summed E-state index contributed by atoms with van der Waals surface area (Å²) in [5.74, 6) is 0.592. The Labute approximate surface area is 139 Å². The van der Waals surface area contributed by atoms with Crippen LogP contribution in [0.4, 0.5) is 5.69 Å². The van der Waals surface area contributed by atoms with Crippen LogP contribution >= 0.6 is 0 Å². The van der Waals surface area contributed by atoms with Crippen molar-refractivity contribution in [1.82, 2.24) is 5.32 Å². The second-order valence-electron chi connectivity index (χ2n) is 7.21. The molecule has 0 saturated carbocycles. The fraction of sp³-hybridized carbons (Fsp3) is 0.429. The van der Waals surface area contributed by atoms with Gasteiger partial charge in [-0.25, -0.2) is 0 Å². The summed E-state index contributed by atoms with van der Waals surface area (Å²) in [7, 11) is 0. The smallest absolute Gasteiger partial charge is 0.0408 e. The lowest BCUT2D eigenvalue weighted by Gasteiger charge is -2.25. The van der Waals surface area contributed by atoms with Gasteiger partial charge in [0.15, 0.2) is 0 Å². The molecule has 0 aliphatic carbocycles. The monoisotopic (exact) mass is 306 g/mol. The predicted molar refractivity (Wildman–Crippen MR) is 98.3 cm³/mol. The molecular weight excluding hydrogens is 280 g/mol. The van der Waals surface area contributed by atoms with E-state index in [1.165, 1.54) is 40.8 Å². The molecule has 2 nitrogen and oxygen atoms in total. The maximum Gasteiger partial charge on any atom is 0.0408 e. The zero-order valence-electron chi connectivity index (χ0n) is 14.2. The largest absolute Gasteiger partial charge is 0.367 e. The third kappa shape index (κ3) is 2.76. The van der Waals surface area contributed by atoms with E-state index in [0.29, 0.717) is 12.0 Å². The Hall–Kier alpha value is -1.80. The number of nitrogens with zero attached hydrogens (tertiary/aromatic N) is 1. The third-order valence-electron chi connectivity index (χ3n) is 5.39. The summed E-state index contributed by atoms with van der Waals surface area (Å²) in [5, 5.41) is 3.53. The lowest BCUT2D eigenvalue weighted by molar-refractivity contribution is 0.612. The molecule has 23 heavy (non-hydrogen) atoms. The fourth-order valence-electron chi connectivity index (χ4n) is 3.96. The van der Waals surface area contributed by atoms with Crippen molar-refractivity contribution in [2.45, 2.75) is 38.6 Å². The van der Waals surface area contributed by atoms with Crippen molar-refractivity contribution in [3.63, 3.8) is 0 Å². The zero-order valence-corrected chi connectivity index (χ0v) is 14.2. The Morgan fingerprint density at radius 2 is 1.78 bits per heavy atom. The Bertz CT molecular complexity index is 687. The van der Waals surface area contributed by atoms with Gasteiger partial charge >= 0.3 is 0 Å². The number of anilines is 1. The standard InChI is InChI=1S/C21H26N2/c1-15(2)16-3-5-17(6-4-16)18-7-8-19-13-20-9-10-22-11-12-23(20)21(19)14-18/h3-8,14-15,20,22H,9-13H2,1-2H3. The van der Waals surface area contributed by atoms with Crippen molar-refractivity contribution in [3.05, 3.63) is 53.6 Å². The molecule has 1 atom stereocenters. The van der Waals surface area contributed by atoms with Crippen LogP contribution in [-0.4, -0.2) is 25.7 Å². The fourth-order valence-corrected chi connectivity index (χ4v) is 3.96. The summed E-state index contributed by atoms with van der Waals surface area (Å²) in [6.07, 6.45) is 2.47. The molecule has 1 fully saturated rings.